The van der Waals surface area contributed by atoms with E-state index in [0.717, 1.165) is 6.54 Å². The molecule has 0 heterocycles. The van der Waals surface area contributed by atoms with E-state index in [2.05, 4.69) is 11.9 Å². The molecule has 2 rings (SSSR count). The number of nitrogens with zero attached hydrogens (tertiary/aromatic N) is 1. The number of carbonyl (C=O) groups excluding carboxylic acids is 1. The molecule has 1 aromatic rings. The van der Waals surface area contributed by atoms with E-state index < -0.39 is 5.91 Å². The fourth-order valence-corrected chi connectivity index (χ4v) is 1.86. The van der Waals surface area contributed by atoms with Crippen LogP contribution in [0.25, 0.3) is 0 Å². The summed E-state index contributed by atoms with van der Waals surface area (Å²) in [6, 6.07) is 5.57. The summed E-state index contributed by atoms with van der Waals surface area (Å²) in [5.41, 5.74) is 11.9. The minimum Gasteiger partial charge on any atom is -0.491 e. The molecular weight excluding hydrogens is 230 g/mol. The molecular formula is C13H19N3O2. The van der Waals surface area contributed by atoms with Crippen molar-refractivity contribution >= 4 is 11.6 Å². The average molecular weight is 249 g/mol. The Labute approximate surface area is 107 Å². The van der Waals surface area contributed by atoms with Crippen LogP contribution in [0.1, 0.15) is 23.2 Å². The molecule has 5 heteroatoms. The number of amides is 1. The summed E-state index contributed by atoms with van der Waals surface area (Å²) >= 11 is 0. The molecule has 1 amide bonds. The Kier molecular flexibility index (Phi) is 3.72. The number of benzene rings is 1. The van der Waals surface area contributed by atoms with Gasteiger partial charge < -0.3 is 21.1 Å². The molecule has 0 saturated heterocycles. The van der Waals surface area contributed by atoms with Crippen LogP contribution in [-0.2, 0) is 0 Å². The van der Waals surface area contributed by atoms with Gasteiger partial charge in [-0.3, -0.25) is 4.79 Å². The van der Waals surface area contributed by atoms with Gasteiger partial charge in [-0.1, -0.05) is 0 Å². The van der Waals surface area contributed by atoms with Gasteiger partial charge in [0, 0.05) is 24.3 Å². The zero-order valence-electron chi connectivity index (χ0n) is 10.6. The van der Waals surface area contributed by atoms with Gasteiger partial charge in [0.15, 0.2) is 0 Å². The Balaban J connectivity index is 1.94. The number of carbonyl (C=O) groups is 1. The number of nitrogens with two attached hydrogens (primary N) is 2. The van der Waals surface area contributed by atoms with Gasteiger partial charge in [-0.2, -0.15) is 0 Å². The Morgan fingerprint density at radius 1 is 1.50 bits per heavy atom. The second-order valence-corrected chi connectivity index (χ2v) is 4.68. The van der Waals surface area contributed by atoms with E-state index in [9.17, 15) is 4.79 Å². The summed E-state index contributed by atoms with van der Waals surface area (Å²) in [6.45, 7) is 1.36. The van der Waals surface area contributed by atoms with Crippen molar-refractivity contribution < 1.29 is 9.53 Å². The third-order valence-corrected chi connectivity index (χ3v) is 3.14. The molecule has 98 valence electrons. The second-order valence-electron chi connectivity index (χ2n) is 4.68. The molecule has 0 spiro atoms. The van der Waals surface area contributed by atoms with E-state index in [4.69, 9.17) is 16.2 Å². The number of hydrogen-bond donors (Lipinski definition) is 2. The van der Waals surface area contributed by atoms with Crippen LogP contribution in [0.4, 0.5) is 5.69 Å². The zero-order chi connectivity index (χ0) is 13.1. The first kappa shape index (κ1) is 12.7. The predicted molar refractivity (Wildman–Crippen MR) is 70.5 cm³/mol. The van der Waals surface area contributed by atoms with E-state index in [0.29, 0.717) is 29.6 Å². The summed E-state index contributed by atoms with van der Waals surface area (Å²) in [5, 5.41) is 0. The molecule has 0 bridgehead atoms. The molecule has 1 fully saturated rings. The number of rotatable bonds is 6. The quantitative estimate of drug-likeness (QED) is 0.732. The fourth-order valence-electron chi connectivity index (χ4n) is 1.86. The molecule has 1 aromatic carbocycles. The highest BCUT2D eigenvalue weighted by molar-refractivity contribution is 5.96. The zero-order valence-corrected chi connectivity index (χ0v) is 10.6. The number of nitrogen functional groups attached to an aromatic ring is 1. The van der Waals surface area contributed by atoms with Crippen LogP contribution in [0.3, 0.4) is 0 Å². The molecule has 18 heavy (non-hydrogen) atoms. The Bertz CT molecular complexity index is 444. The Morgan fingerprint density at radius 3 is 2.83 bits per heavy atom. The molecule has 0 aliphatic heterocycles. The van der Waals surface area contributed by atoms with Gasteiger partial charge in [0.2, 0.25) is 0 Å². The van der Waals surface area contributed by atoms with E-state index in [-0.39, 0.29) is 0 Å². The normalized spacial score (nSPS) is 14.8. The van der Waals surface area contributed by atoms with Crippen molar-refractivity contribution in [3.8, 4) is 5.75 Å². The van der Waals surface area contributed by atoms with Crippen molar-refractivity contribution in [2.24, 2.45) is 5.73 Å². The van der Waals surface area contributed by atoms with E-state index in [1.165, 1.54) is 12.8 Å². The minimum atomic E-state index is -0.499. The van der Waals surface area contributed by atoms with Crippen LogP contribution in [0.2, 0.25) is 0 Å². The highest BCUT2D eigenvalue weighted by Crippen LogP contribution is 2.25. The summed E-state index contributed by atoms with van der Waals surface area (Å²) in [4.78, 5) is 13.5. The van der Waals surface area contributed by atoms with Gasteiger partial charge in [0.25, 0.3) is 5.91 Å². The maximum absolute atomic E-state index is 11.2. The van der Waals surface area contributed by atoms with Crippen molar-refractivity contribution in [3.05, 3.63) is 23.8 Å². The van der Waals surface area contributed by atoms with Gasteiger partial charge >= 0.3 is 0 Å². The monoisotopic (exact) mass is 249 g/mol. The largest absolute Gasteiger partial charge is 0.491 e. The SMILES string of the molecule is CN(CCOc1cc(N)ccc1C(N)=O)C1CC1. The molecule has 0 unspecified atom stereocenters. The lowest BCUT2D eigenvalue weighted by Crippen LogP contribution is -2.26. The maximum atomic E-state index is 11.2. The lowest BCUT2D eigenvalue weighted by atomic mass is 10.2. The number of hydrogen-bond acceptors (Lipinski definition) is 4. The van der Waals surface area contributed by atoms with Crippen LogP contribution < -0.4 is 16.2 Å². The number of primary amides is 1. The Morgan fingerprint density at radius 2 is 2.22 bits per heavy atom. The van der Waals surface area contributed by atoms with Crippen molar-refractivity contribution in [2.75, 3.05) is 25.9 Å². The molecule has 0 radical (unpaired) electrons. The highest BCUT2D eigenvalue weighted by atomic mass is 16.5. The summed E-state index contributed by atoms with van der Waals surface area (Å²) < 4.78 is 5.61. The minimum absolute atomic E-state index is 0.373. The third-order valence-electron chi connectivity index (χ3n) is 3.14. The average Bonchev–Trinajstić information content (AvgIpc) is 3.12. The number of likely N-dealkylation sites (N-methyl/N-ethyl adjacent to an activating group) is 1. The number of anilines is 1. The van der Waals surface area contributed by atoms with Crippen LogP contribution in [0.5, 0.6) is 5.75 Å². The fraction of sp³-hybridized carbons (Fsp3) is 0.462. The Hall–Kier alpha value is -1.75. The van der Waals surface area contributed by atoms with E-state index in [1.807, 2.05) is 0 Å². The van der Waals surface area contributed by atoms with Gasteiger partial charge in [-0.15, -0.1) is 0 Å². The molecule has 1 aliphatic carbocycles. The van der Waals surface area contributed by atoms with Gasteiger partial charge in [0.05, 0.1) is 5.56 Å². The van der Waals surface area contributed by atoms with Crippen LogP contribution in [-0.4, -0.2) is 37.0 Å². The van der Waals surface area contributed by atoms with Crippen molar-refractivity contribution in [2.45, 2.75) is 18.9 Å². The van der Waals surface area contributed by atoms with E-state index in [1.54, 1.807) is 18.2 Å². The predicted octanol–water partition coefficient (Wildman–Crippen LogP) is 0.841. The highest BCUT2D eigenvalue weighted by Gasteiger charge is 2.25. The molecule has 1 aliphatic rings. The van der Waals surface area contributed by atoms with Gasteiger partial charge in [0.1, 0.15) is 12.4 Å². The lowest BCUT2D eigenvalue weighted by molar-refractivity contribution is 0.0995. The summed E-state index contributed by atoms with van der Waals surface area (Å²) in [7, 11) is 2.08. The molecule has 5 nitrogen and oxygen atoms in total. The second kappa shape index (κ2) is 5.27. The topological polar surface area (TPSA) is 81.6 Å². The van der Waals surface area contributed by atoms with Gasteiger partial charge in [-0.25, -0.2) is 0 Å². The maximum Gasteiger partial charge on any atom is 0.252 e. The molecule has 4 N–H and O–H groups in total. The first-order valence-corrected chi connectivity index (χ1v) is 6.10. The van der Waals surface area contributed by atoms with Crippen molar-refractivity contribution in [1.82, 2.24) is 4.90 Å². The van der Waals surface area contributed by atoms with Crippen LogP contribution in [0, 0.1) is 0 Å². The first-order chi connectivity index (χ1) is 8.58. The van der Waals surface area contributed by atoms with Gasteiger partial charge in [-0.05, 0) is 32.0 Å². The summed E-state index contributed by atoms with van der Waals surface area (Å²) in [6.07, 6.45) is 2.53. The van der Waals surface area contributed by atoms with Crippen molar-refractivity contribution in [1.29, 1.82) is 0 Å². The van der Waals surface area contributed by atoms with Crippen LogP contribution in [0.15, 0.2) is 18.2 Å². The number of ether oxygens (including phenoxy) is 1. The standard InChI is InChI=1S/C13H19N3O2/c1-16(10-3-4-10)6-7-18-12-8-9(14)2-5-11(12)13(15)17/h2,5,8,10H,3-4,6-7,14H2,1H3,(H2,15,17). The van der Waals surface area contributed by atoms with Crippen LogP contribution >= 0.6 is 0 Å². The molecule has 0 atom stereocenters. The summed E-state index contributed by atoms with van der Waals surface area (Å²) in [5.74, 6) is -0.0350. The van der Waals surface area contributed by atoms with Crippen molar-refractivity contribution in [3.63, 3.8) is 0 Å². The lowest BCUT2D eigenvalue weighted by Gasteiger charge is -2.16. The smallest absolute Gasteiger partial charge is 0.252 e. The van der Waals surface area contributed by atoms with E-state index >= 15 is 0 Å². The molecule has 1 saturated carbocycles. The first-order valence-electron chi connectivity index (χ1n) is 6.10. The molecule has 0 aromatic heterocycles. The third kappa shape index (κ3) is 3.13.